The molecule has 18 heavy (non-hydrogen) atoms. The molecule has 6 heteroatoms. The van der Waals surface area contributed by atoms with E-state index in [1.54, 1.807) is 11.4 Å². The predicted molar refractivity (Wildman–Crippen MR) is 69.5 cm³/mol. The van der Waals surface area contributed by atoms with Gasteiger partial charge < -0.3 is 10.6 Å². The van der Waals surface area contributed by atoms with E-state index in [1.165, 1.54) is 0 Å². The van der Waals surface area contributed by atoms with E-state index in [0.717, 1.165) is 11.2 Å². The Bertz CT molecular complexity index is 563. The molecule has 1 atom stereocenters. The molecule has 2 aromatic heterocycles. The number of carbonyl (C=O) groups excluding carboxylic acids is 1. The summed E-state index contributed by atoms with van der Waals surface area (Å²) in [7, 11) is 0. The summed E-state index contributed by atoms with van der Waals surface area (Å²) in [6.07, 6.45) is 1.89. The summed E-state index contributed by atoms with van der Waals surface area (Å²) < 4.78 is 1.70. The Labute approximate surface area is 105 Å². The lowest BCUT2D eigenvalue weighted by atomic mass is 10.3. The number of amides is 1. The van der Waals surface area contributed by atoms with Gasteiger partial charge in [0.1, 0.15) is 6.04 Å². The smallest absolute Gasteiger partial charge is 0.243 e. The van der Waals surface area contributed by atoms with Crippen LogP contribution in [0.2, 0.25) is 0 Å². The molecule has 0 radical (unpaired) electrons. The second kappa shape index (κ2) is 5.03. The average Bonchev–Trinajstić information content (AvgIpc) is 2.70. The van der Waals surface area contributed by atoms with Crippen molar-refractivity contribution < 1.29 is 4.79 Å². The average molecular weight is 247 g/mol. The van der Waals surface area contributed by atoms with Gasteiger partial charge in [-0.2, -0.15) is 4.98 Å². The molecular formula is C12H17N5O. The Kier molecular flexibility index (Phi) is 3.45. The first-order valence-electron chi connectivity index (χ1n) is 5.97. The first kappa shape index (κ1) is 12.3. The molecule has 2 rings (SSSR count). The van der Waals surface area contributed by atoms with E-state index < -0.39 is 0 Å². The Balaban J connectivity index is 2.14. The van der Waals surface area contributed by atoms with Crippen molar-refractivity contribution in [3.8, 4) is 0 Å². The van der Waals surface area contributed by atoms with Crippen LogP contribution in [-0.2, 0) is 4.79 Å². The zero-order valence-corrected chi connectivity index (χ0v) is 10.8. The number of hydrogen-bond donors (Lipinski definition) is 2. The molecule has 1 unspecified atom stereocenters. The van der Waals surface area contributed by atoms with Crippen LogP contribution in [0.4, 0.5) is 5.95 Å². The van der Waals surface area contributed by atoms with E-state index in [-0.39, 0.29) is 11.9 Å². The monoisotopic (exact) mass is 247 g/mol. The molecule has 2 heterocycles. The van der Waals surface area contributed by atoms with Crippen molar-refractivity contribution >= 4 is 17.5 Å². The van der Waals surface area contributed by atoms with E-state index in [1.807, 2.05) is 32.2 Å². The maximum Gasteiger partial charge on any atom is 0.243 e. The van der Waals surface area contributed by atoms with Crippen LogP contribution >= 0.6 is 0 Å². The zero-order valence-electron chi connectivity index (χ0n) is 10.8. The number of aromatic nitrogens is 3. The second-order valence-corrected chi connectivity index (χ2v) is 4.21. The van der Waals surface area contributed by atoms with Gasteiger partial charge in [0.25, 0.3) is 0 Å². The van der Waals surface area contributed by atoms with Crippen molar-refractivity contribution in [1.29, 1.82) is 0 Å². The SMILES string of the molecule is CCNC(=O)C(C)Nc1nc2ccc(C)cn2n1. The fraction of sp³-hybridized carbons (Fsp3) is 0.417. The van der Waals surface area contributed by atoms with Crippen LogP contribution in [0.1, 0.15) is 19.4 Å². The molecule has 2 aromatic rings. The maximum absolute atomic E-state index is 11.6. The Hall–Kier alpha value is -2.11. The number of fused-ring (bicyclic) bond motifs is 1. The van der Waals surface area contributed by atoms with Gasteiger partial charge in [0.2, 0.25) is 11.9 Å². The number of carbonyl (C=O) groups is 1. The van der Waals surface area contributed by atoms with Gasteiger partial charge in [-0.1, -0.05) is 6.07 Å². The molecule has 2 N–H and O–H groups in total. The number of nitrogens with zero attached hydrogens (tertiary/aromatic N) is 3. The van der Waals surface area contributed by atoms with Gasteiger partial charge in [-0.3, -0.25) is 4.79 Å². The molecule has 6 nitrogen and oxygen atoms in total. The molecule has 0 bridgehead atoms. The van der Waals surface area contributed by atoms with Gasteiger partial charge in [-0.15, -0.1) is 5.10 Å². The lowest BCUT2D eigenvalue weighted by Gasteiger charge is -2.10. The third kappa shape index (κ3) is 2.58. The number of rotatable bonds is 4. The van der Waals surface area contributed by atoms with Crippen molar-refractivity contribution in [2.24, 2.45) is 0 Å². The van der Waals surface area contributed by atoms with E-state index in [2.05, 4.69) is 20.7 Å². The first-order chi connectivity index (χ1) is 8.60. The van der Waals surface area contributed by atoms with Crippen LogP contribution in [0.15, 0.2) is 18.3 Å². The van der Waals surface area contributed by atoms with Crippen molar-refractivity contribution in [2.45, 2.75) is 26.8 Å². The third-order valence-corrected chi connectivity index (χ3v) is 2.57. The van der Waals surface area contributed by atoms with Gasteiger partial charge in [0, 0.05) is 12.7 Å². The van der Waals surface area contributed by atoms with Crippen LogP contribution in [0.3, 0.4) is 0 Å². The van der Waals surface area contributed by atoms with Crippen molar-refractivity contribution in [2.75, 3.05) is 11.9 Å². The highest BCUT2D eigenvalue weighted by Gasteiger charge is 2.13. The number of nitrogens with one attached hydrogen (secondary N) is 2. The Morgan fingerprint density at radius 1 is 1.50 bits per heavy atom. The lowest BCUT2D eigenvalue weighted by Crippen LogP contribution is -2.37. The summed E-state index contributed by atoms with van der Waals surface area (Å²) in [5, 5.41) is 10.00. The van der Waals surface area contributed by atoms with Crippen LogP contribution < -0.4 is 10.6 Å². The lowest BCUT2D eigenvalue weighted by molar-refractivity contribution is -0.121. The van der Waals surface area contributed by atoms with Gasteiger partial charge in [0.15, 0.2) is 5.65 Å². The highest BCUT2D eigenvalue weighted by Crippen LogP contribution is 2.07. The molecule has 0 aliphatic rings. The van der Waals surface area contributed by atoms with E-state index >= 15 is 0 Å². The zero-order chi connectivity index (χ0) is 13.1. The molecule has 0 aliphatic carbocycles. The van der Waals surface area contributed by atoms with Crippen LogP contribution in [0, 0.1) is 6.92 Å². The van der Waals surface area contributed by atoms with E-state index in [4.69, 9.17) is 0 Å². The number of anilines is 1. The number of hydrogen-bond acceptors (Lipinski definition) is 4. The molecule has 0 saturated carbocycles. The number of likely N-dealkylation sites (N-methyl/N-ethyl adjacent to an activating group) is 1. The summed E-state index contributed by atoms with van der Waals surface area (Å²) in [6, 6.07) is 3.51. The molecule has 96 valence electrons. The number of pyridine rings is 1. The van der Waals surface area contributed by atoms with Crippen LogP contribution in [0.5, 0.6) is 0 Å². The minimum atomic E-state index is -0.358. The summed E-state index contributed by atoms with van der Waals surface area (Å²) >= 11 is 0. The topological polar surface area (TPSA) is 71.3 Å². The van der Waals surface area contributed by atoms with Gasteiger partial charge in [-0.05, 0) is 32.4 Å². The molecule has 0 aromatic carbocycles. The third-order valence-electron chi connectivity index (χ3n) is 2.57. The summed E-state index contributed by atoms with van der Waals surface area (Å²) in [5.41, 5.74) is 1.86. The predicted octanol–water partition coefficient (Wildman–Crippen LogP) is 0.974. The minimum Gasteiger partial charge on any atom is -0.355 e. The van der Waals surface area contributed by atoms with Gasteiger partial charge >= 0.3 is 0 Å². The second-order valence-electron chi connectivity index (χ2n) is 4.21. The molecule has 1 amide bonds. The van der Waals surface area contributed by atoms with Crippen molar-refractivity contribution in [3.05, 3.63) is 23.9 Å². The molecule has 0 spiro atoms. The molecule has 0 fully saturated rings. The van der Waals surface area contributed by atoms with E-state index in [9.17, 15) is 4.79 Å². The van der Waals surface area contributed by atoms with Crippen LogP contribution in [-0.4, -0.2) is 33.1 Å². The highest BCUT2D eigenvalue weighted by atomic mass is 16.2. The number of aryl methyl sites for hydroxylation is 1. The molecule has 0 aliphatic heterocycles. The molecular weight excluding hydrogens is 230 g/mol. The largest absolute Gasteiger partial charge is 0.355 e. The fourth-order valence-electron chi connectivity index (χ4n) is 1.63. The van der Waals surface area contributed by atoms with Crippen molar-refractivity contribution in [3.63, 3.8) is 0 Å². The molecule has 0 saturated heterocycles. The maximum atomic E-state index is 11.6. The van der Waals surface area contributed by atoms with Gasteiger partial charge in [0.05, 0.1) is 0 Å². The highest BCUT2D eigenvalue weighted by molar-refractivity contribution is 5.83. The van der Waals surface area contributed by atoms with Gasteiger partial charge in [-0.25, -0.2) is 4.52 Å². The summed E-state index contributed by atoms with van der Waals surface area (Å²) in [5.74, 6) is 0.395. The normalized spacial score (nSPS) is 12.4. The van der Waals surface area contributed by atoms with Crippen molar-refractivity contribution in [1.82, 2.24) is 19.9 Å². The summed E-state index contributed by atoms with van der Waals surface area (Å²) in [6.45, 7) is 6.27. The minimum absolute atomic E-state index is 0.0625. The fourth-order valence-corrected chi connectivity index (χ4v) is 1.63. The quantitative estimate of drug-likeness (QED) is 0.844. The van der Waals surface area contributed by atoms with E-state index in [0.29, 0.717) is 12.5 Å². The Morgan fingerprint density at radius 2 is 2.28 bits per heavy atom. The van der Waals surface area contributed by atoms with Crippen LogP contribution in [0.25, 0.3) is 5.65 Å². The summed E-state index contributed by atoms with van der Waals surface area (Å²) in [4.78, 5) is 15.9. The standard InChI is InChI=1S/C12H17N5O/c1-4-13-11(18)9(3)14-12-15-10-6-5-8(2)7-17(10)16-12/h5-7,9H,4H2,1-3H3,(H,13,18)(H,14,16). The first-order valence-corrected chi connectivity index (χ1v) is 5.97. The Morgan fingerprint density at radius 3 is 3.00 bits per heavy atom.